The number of carbonyl (C=O) groups is 2. The topological polar surface area (TPSA) is 69.6 Å². The van der Waals surface area contributed by atoms with Crippen LogP contribution in [0.25, 0.3) is 0 Å². The van der Waals surface area contributed by atoms with Crippen molar-refractivity contribution in [1.82, 2.24) is 10.2 Å². The highest BCUT2D eigenvalue weighted by Gasteiger charge is 2.29. The van der Waals surface area contributed by atoms with E-state index in [2.05, 4.69) is 5.32 Å². The molecule has 5 nitrogen and oxygen atoms in total. The molecule has 0 radical (unpaired) electrons. The highest BCUT2D eigenvalue weighted by atomic mass is 35.5. The molecule has 1 saturated heterocycles. The molecule has 0 bridgehead atoms. The average molecular weight is 359 g/mol. The summed E-state index contributed by atoms with van der Waals surface area (Å²) in [5.41, 5.74) is 0.462. The van der Waals surface area contributed by atoms with Crippen LogP contribution in [0.1, 0.15) is 30.1 Å². The van der Waals surface area contributed by atoms with E-state index in [0.29, 0.717) is 28.7 Å². The first-order valence-electron chi connectivity index (χ1n) is 7.58. The van der Waals surface area contributed by atoms with Gasteiger partial charge < -0.3 is 15.3 Å². The molecule has 2 amide bonds. The summed E-state index contributed by atoms with van der Waals surface area (Å²) < 4.78 is 0. The summed E-state index contributed by atoms with van der Waals surface area (Å²) >= 11 is 11.8. The molecule has 1 heterocycles. The molecular weight excluding hydrogens is 339 g/mol. The minimum Gasteiger partial charge on any atom is -0.394 e. The number of amides is 2. The van der Waals surface area contributed by atoms with Crippen LogP contribution in [0, 0.1) is 5.92 Å². The van der Waals surface area contributed by atoms with Crippen molar-refractivity contribution in [3.63, 3.8) is 0 Å². The monoisotopic (exact) mass is 358 g/mol. The molecule has 1 aliphatic rings. The highest BCUT2D eigenvalue weighted by molar-refractivity contribution is 6.42. The summed E-state index contributed by atoms with van der Waals surface area (Å²) in [7, 11) is 0. The van der Waals surface area contributed by atoms with E-state index >= 15 is 0 Å². The number of halogens is 2. The van der Waals surface area contributed by atoms with Crippen molar-refractivity contribution in [1.29, 1.82) is 0 Å². The molecule has 1 aromatic carbocycles. The zero-order chi connectivity index (χ0) is 17.0. The van der Waals surface area contributed by atoms with E-state index in [1.807, 2.05) is 0 Å². The summed E-state index contributed by atoms with van der Waals surface area (Å²) in [4.78, 5) is 26.4. The lowest BCUT2D eigenvalue weighted by Gasteiger charge is -2.32. The van der Waals surface area contributed by atoms with Crippen LogP contribution in [-0.4, -0.2) is 47.6 Å². The number of nitrogens with one attached hydrogen (secondary N) is 1. The smallest absolute Gasteiger partial charge is 0.253 e. The van der Waals surface area contributed by atoms with Gasteiger partial charge in [-0.1, -0.05) is 23.2 Å². The number of piperidine rings is 1. The van der Waals surface area contributed by atoms with Crippen LogP contribution in [0.15, 0.2) is 18.2 Å². The molecule has 1 aromatic rings. The molecule has 1 fully saturated rings. The van der Waals surface area contributed by atoms with E-state index in [-0.39, 0.29) is 30.4 Å². The minimum atomic E-state index is -0.288. The number of rotatable bonds is 4. The number of aliphatic hydroxyl groups excluding tert-OH is 1. The Morgan fingerprint density at radius 3 is 2.78 bits per heavy atom. The predicted molar refractivity (Wildman–Crippen MR) is 89.8 cm³/mol. The molecule has 1 aliphatic heterocycles. The molecule has 126 valence electrons. The Balaban J connectivity index is 2.03. The van der Waals surface area contributed by atoms with Gasteiger partial charge in [0.1, 0.15) is 0 Å². The van der Waals surface area contributed by atoms with Gasteiger partial charge in [0.05, 0.1) is 22.6 Å². The molecule has 7 heteroatoms. The summed E-state index contributed by atoms with van der Waals surface area (Å²) in [5.74, 6) is -0.543. The summed E-state index contributed by atoms with van der Waals surface area (Å²) in [6.07, 6.45) is 1.49. The van der Waals surface area contributed by atoms with Crippen molar-refractivity contribution in [2.24, 2.45) is 5.92 Å². The molecular formula is C16H20Cl2N2O3. The quantitative estimate of drug-likeness (QED) is 0.867. The Labute approximate surface area is 145 Å². The highest BCUT2D eigenvalue weighted by Crippen LogP contribution is 2.25. The van der Waals surface area contributed by atoms with Crippen molar-refractivity contribution < 1.29 is 14.7 Å². The third kappa shape index (κ3) is 4.59. The number of benzene rings is 1. The second kappa shape index (κ2) is 7.99. The maximum atomic E-state index is 12.6. The van der Waals surface area contributed by atoms with E-state index < -0.39 is 0 Å². The molecule has 0 unspecified atom stereocenters. The molecule has 2 atom stereocenters. The SMILES string of the molecule is C[C@H](CO)NC(=O)[C@H]1CCCN(C(=O)c2ccc(Cl)c(Cl)c2)C1. The normalized spacial score (nSPS) is 19.3. The van der Waals surface area contributed by atoms with Crippen LogP contribution in [-0.2, 0) is 4.79 Å². The van der Waals surface area contributed by atoms with E-state index in [9.17, 15) is 9.59 Å². The van der Waals surface area contributed by atoms with Gasteiger partial charge in [-0.2, -0.15) is 0 Å². The van der Waals surface area contributed by atoms with Crippen LogP contribution in [0.4, 0.5) is 0 Å². The van der Waals surface area contributed by atoms with Crippen LogP contribution >= 0.6 is 23.2 Å². The Morgan fingerprint density at radius 1 is 1.39 bits per heavy atom. The third-order valence-electron chi connectivity index (χ3n) is 3.91. The summed E-state index contributed by atoms with van der Waals surface area (Å²) in [6, 6.07) is 4.48. The Morgan fingerprint density at radius 2 is 2.13 bits per heavy atom. The minimum absolute atomic E-state index is 0.107. The number of carbonyl (C=O) groups excluding carboxylic acids is 2. The van der Waals surface area contributed by atoms with Gasteiger partial charge in [-0.05, 0) is 38.0 Å². The number of hydrogen-bond acceptors (Lipinski definition) is 3. The van der Waals surface area contributed by atoms with Crippen LogP contribution < -0.4 is 5.32 Å². The number of hydrogen-bond donors (Lipinski definition) is 2. The van der Waals surface area contributed by atoms with Crippen molar-refractivity contribution in [2.75, 3.05) is 19.7 Å². The van der Waals surface area contributed by atoms with Gasteiger partial charge in [-0.25, -0.2) is 0 Å². The third-order valence-corrected chi connectivity index (χ3v) is 4.65. The Hall–Kier alpha value is -1.30. The van der Waals surface area contributed by atoms with Crippen molar-refractivity contribution in [3.05, 3.63) is 33.8 Å². The molecule has 0 aliphatic carbocycles. The van der Waals surface area contributed by atoms with Gasteiger partial charge in [0.25, 0.3) is 5.91 Å². The zero-order valence-corrected chi connectivity index (χ0v) is 14.4. The fourth-order valence-electron chi connectivity index (χ4n) is 2.59. The molecule has 23 heavy (non-hydrogen) atoms. The zero-order valence-electron chi connectivity index (χ0n) is 12.9. The van der Waals surface area contributed by atoms with Gasteiger partial charge in [0.2, 0.25) is 5.91 Å². The van der Waals surface area contributed by atoms with Crippen molar-refractivity contribution >= 4 is 35.0 Å². The van der Waals surface area contributed by atoms with E-state index in [1.165, 1.54) is 0 Å². The Kier molecular flexibility index (Phi) is 6.27. The van der Waals surface area contributed by atoms with Crippen LogP contribution in [0.3, 0.4) is 0 Å². The van der Waals surface area contributed by atoms with E-state index in [1.54, 1.807) is 30.0 Å². The predicted octanol–water partition coefficient (Wildman–Crippen LogP) is 2.34. The molecule has 2 N–H and O–H groups in total. The summed E-state index contributed by atoms with van der Waals surface area (Å²) in [6.45, 7) is 2.60. The Bertz CT molecular complexity index is 595. The number of likely N-dealkylation sites (tertiary alicyclic amines) is 1. The average Bonchev–Trinajstić information content (AvgIpc) is 2.56. The van der Waals surface area contributed by atoms with E-state index in [4.69, 9.17) is 28.3 Å². The van der Waals surface area contributed by atoms with Crippen LogP contribution in [0.5, 0.6) is 0 Å². The molecule has 0 aromatic heterocycles. The lowest BCUT2D eigenvalue weighted by Crippen LogP contribution is -2.47. The second-order valence-corrected chi connectivity index (χ2v) is 6.63. The molecule has 2 rings (SSSR count). The van der Waals surface area contributed by atoms with E-state index in [0.717, 1.165) is 12.8 Å². The first-order valence-corrected chi connectivity index (χ1v) is 8.33. The maximum absolute atomic E-state index is 12.6. The van der Waals surface area contributed by atoms with Gasteiger partial charge in [-0.3, -0.25) is 9.59 Å². The lowest BCUT2D eigenvalue weighted by molar-refractivity contribution is -0.127. The fraction of sp³-hybridized carbons (Fsp3) is 0.500. The van der Waals surface area contributed by atoms with Crippen LogP contribution in [0.2, 0.25) is 10.0 Å². The first-order chi connectivity index (χ1) is 10.9. The first kappa shape index (κ1) is 18.0. The van der Waals surface area contributed by atoms with Gasteiger partial charge in [-0.15, -0.1) is 0 Å². The standard InChI is InChI=1S/C16H20Cl2N2O3/c1-10(9-21)19-15(22)12-3-2-6-20(8-12)16(23)11-4-5-13(17)14(18)7-11/h4-5,7,10,12,21H,2-3,6,8-9H2,1H3,(H,19,22)/t10-,12+/m1/s1. The second-order valence-electron chi connectivity index (χ2n) is 5.81. The number of aliphatic hydroxyl groups is 1. The summed E-state index contributed by atoms with van der Waals surface area (Å²) in [5, 5.41) is 12.5. The maximum Gasteiger partial charge on any atom is 0.253 e. The molecule has 0 spiro atoms. The molecule has 0 saturated carbocycles. The number of nitrogens with zero attached hydrogens (tertiary/aromatic N) is 1. The fourth-order valence-corrected chi connectivity index (χ4v) is 2.89. The lowest BCUT2D eigenvalue weighted by atomic mass is 9.96. The van der Waals surface area contributed by atoms with Crippen molar-refractivity contribution in [2.45, 2.75) is 25.8 Å². The van der Waals surface area contributed by atoms with Gasteiger partial charge in [0.15, 0.2) is 0 Å². The van der Waals surface area contributed by atoms with Gasteiger partial charge in [0, 0.05) is 24.7 Å². The largest absolute Gasteiger partial charge is 0.394 e. The van der Waals surface area contributed by atoms with Crippen molar-refractivity contribution in [3.8, 4) is 0 Å². The van der Waals surface area contributed by atoms with Gasteiger partial charge >= 0.3 is 0 Å².